The van der Waals surface area contributed by atoms with Crippen molar-refractivity contribution in [1.29, 1.82) is 0 Å². The van der Waals surface area contributed by atoms with Crippen molar-refractivity contribution in [3.8, 4) is 0 Å². The lowest BCUT2D eigenvalue weighted by Gasteiger charge is -2.18. The summed E-state index contributed by atoms with van der Waals surface area (Å²) >= 11 is 0. The normalized spacial score (nSPS) is 18.3. The van der Waals surface area contributed by atoms with Crippen molar-refractivity contribution in [3.05, 3.63) is 35.5 Å². The van der Waals surface area contributed by atoms with Gasteiger partial charge in [-0.05, 0) is 38.4 Å². The molecule has 2 N–H and O–H groups in total. The van der Waals surface area contributed by atoms with Crippen molar-refractivity contribution < 1.29 is 0 Å². The molecule has 102 valence electrons. The number of para-hydroxylation sites is 1. The molecule has 3 nitrogen and oxygen atoms in total. The molecule has 1 aromatic heterocycles. The van der Waals surface area contributed by atoms with E-state index in [1.54, 1.807) is 0 Å². The molecule has 0 aliphatic carbocycles. The van der Waals surface area contributed by atoms with E-state index in [0.717, 1.165) is 24.3 Å². The molecule has 1 aliphatic heterocycles. The Hall–Kier alpha value is -1.32. The number of halogens is 1. The lowest BCUT2D eigenvalue weighted by Crippen LogP contribution is -2.23. The number of rotatable bonds is 2. The Bertz CT molecular complexity index is 577. The Morgan fingerprint density at radius 2 is 2.05 bits per heavy atom. The van der Waals surface area contributed by atoms with Crippen LogP contribution in [0.25, 0.3) is 10.9 Å². The summed E-state index contributed by atoms with van der Waals surface area (Å²) in [5, 5.41) is 8.32. The first-order valence-corrected chi connectivity index (χ1v) is 6.59. The second-order valence-corrected chi connectivity index (χ2v) is 5.05. The summed E-state index contributed by atoms with van der Waals surface area (Å²) in [7, 11) is 0. The summed E-state index contributed by atoms with van der Waals surface area (Å²) in [4.78, 5) is 4.65. The molecule has 3 rings (SSSR count). The largest absolute Gasteiger partial charge is 0.380 e. The number of pyridine rings is 1. The van der Waals surface area contributed by atoms with E-state index in [1.165, 1.54) is 23.1 Å². The van der Waals surface area contributed by atoms with Gasteiger partial charge in [0.15, 0.2) is 0 Å². The molecule has 0 bridgehead atoms. The fourth-order valence-corrected chi connectivity index (χ4v) is 2.60. The molecule has 1 aliphatic rings. The number of nitrogens with one attached hydrogen (secondary N) is 2. The molecule has 1 aromatic carbocycles. The fraction of sp³-hybridized carbons (Fsp3) is 0.400. The average molecular weight is 278 g/mol. The van der Waals surface area contributed by atoms with Gasteiger partial charge in [0.1, 0.15) is 0 Å². The highest BCUT2D eigenvalue weighted by Crippen LogP contribution is 2.28. The highest BCUT2D eigenvalue weighted by atomic mass is 35.5. The number of fused-ring (bicyclic) bond motifs is 1. The first-order chi connectivity index (χ1) is 8.75. The third kappa shape index (κ3) is 2.67. The van der Waals surface area contributed by atoms with Gasteiger partial charge >= 0.3 is 0 Å². The number of aryl methyl sites for hydroxylation is 1. The van der Waals surface area contributed by atoms with Crippen molar-refractivity contribution >= 4 is 29.0 Å². The Morgan fingerprint density at radius 1 is 1.26 bits per heavy atom. The molecule has 0 saturated carbocycles. The molecule has 0 amide bonds. The molecule has 0 radical (unpaired) electrons. The smallest absolute Gasteiger partial charge is 0.0726 e. The zero-order chi connectivity index (χ0) is 12.5. The SMILES string of the molecule is Cc1nc2ccccc2c(NC2CCNC2)c1C.Cl. The number of nitrogens with zero attached hydrogens (tertiary/aromatic N) is 1. The maximum absolute atomic E-state index is 4.65. The average Bonchev–Trinajstić information content (AvgIpc) is 2.88. The molecule has 1 unspecified atom stereocenters. The molecule has 1 atom stereocenters. The van der Waals surface area contributed by atoms with Gasteiger partial charge in [-0.15, -0.1) is 12.4 Å². The van der Waals surface area contributed by atoms with E-state index in [0.29, 0.717) is 6.04 Å². The van der Waals surface area contributed by atoms with E-state index in [9.17, 15) is 0 Å². The number of anilines is 1. The van der Waals surface area contributed by atoms with Crippen LogP contribution in [0.1, 0.15) is 17.7 Å². The van der Waals surface area contributed by atoms with Gasteiger partial charge in [-0.3, -0.25) is 4.98 Å². The predicted molar refractivity (Wildman–Crippen MR) is 83.4 cm³/mol. The van der Waals surface area contributed by atoms with Crippen molar-refractivity contribution in [2.75, 3.05) is 18.4 Å². The van der Waals surface area contributed by atoms with Crippen molar-refractivity contribution in [2.24, 2.45) is 0 Å². The van der Waals surface area contributed by atoms with Gasteiger partial charge in [0.2, 0.25) is 0 Å². The van der Waals surface area contributed by atoms with Gasteiger partial charge in [-0.1, -0.05) is 18.2 Å². The topological polar surface area (TPSA) is 37.0 Å². The third-order valence-electron chi connectivity index (χ3n) is 3.79. The van der Waals surface area contributed by atoms with Crippen LogP contribution < -0.4 is 10.6 Å². The highest BCUT2D eigenvalue weighted by molar-refractivity contribution is 5.93. The van der Waals surface area contributed by atoms with E-state index in [-0.39, 0.29) is 12.4 Å². The first kappa shape index (κ1) is 14.1. The van der Waals surface area contributed by atoms with Crippen LogP contribution in [0.2, 0.25) is 0 Å². The van der Waals surface area contributed by atoms with Crippen molar-refractivity contribution in [3.63, 3.8) is 0 Å². The maximum Gasteiger partial charge on any atom is 0.0726 e. The second kappa shape index (κ2) is 5.76. The summed E-state index contributed by atoms with van der Waals surface area (Å²) in [6, 6.07) is 8.90. The second-order valence-electron chi connectivity index (χ2n) is 5.05. The van der Waals surface area contributed by atoms with Crippen LogP contribution in [0.15, 0.2) is 24.3 Å². The summed E-state index contributed by atoms with van der Waals surface area (Å²) < 4.78 is 0. The Morgan fingerprint density at radius 3 is 2.79 bits per heavy atom. The minimum absolute atomic E-state index is 0. The van der Waals surface area contributed by atoms with Crippen molar-refractivity contribution in [2.45, 2.75) is 26.3 Å². The van der Waals surface area contributed by atoms with Crippen LogP contribution >= 0.6 is 12.4 Å². The molecule has 19 heavy (non-hydrogen) atoms. The van der Waals surface area contributed by atoms with E-state index in [4.69, 9.17) is 0 Å². The van der Waals surface area contributed by atoms with E-state index >= 15 is 0 Å². The first-order valence-electron chi connectivity index (χ1n) is 6.59. The zero-order valence-corrected chi connectivity index (χ0v) is 12.2. The molecule has 2 heterocycles. The number of benzene rings is 1. The van der Waals surface area contributed by atoms with Crippen LogP contribution in [-0.4, -0.2) is 24.1 Å². The standard InChI is InChI=1S/C15H19N3.ClH/c1-10-11(2)17-14-6-4-3-5-13(14)15(10)18-12-7-8-16-9-12;/h3-6,12,16H,7-9H2,1-2H3,(H,17,18);1H. The molecular weight excluding hydrogens is 258 g/mol. The van der Waals surface area contributed by atoms with Crippen LogP contribution in [0.3, 0.4) is 0 Å². The quantitative estimate of drug-likeness (QED) is 0.886. The summed E-state index contributed by atoms with van der Waals surface area (Å²) in [5.41, 5.74) is 4.71. The summed E-state index contributed by atoms with van der Waals surface area (Å²) in [5.74, 6) is 0. The van der Waals surface area contributed by atoms with E-state index in [2.05, 4.69) is 47.7 Å². The Kier molecular flexibility index (Phi) is 4.27. The maximum atomic E-state index is 4.65. The molecular formula is C15H20ClN3. The highest BCUT2D eigenvalue weighted by Gasteiger charge is 2.17. The van der Waals surface area contributed by atoms with E-state index < -0.39 is 0 Å². The van der Waals surface area contributed by atoms with Crippen molar-refractivity contribution in [1.82, 2.24) is 10.3 Å². The molecule has 2 aromatic rings. The fourth-order valence-electron chi connectivity index (χ4n) is 2.60. The molecule has 4 heteroatoms. The van der Waals surface area contributed by atoms with Gasteiger partial charge < -0.3 is 10.6 Å². The summed E-state index contributed by atoms with van der Waals surface area (Å²) in [6.45, 7) is 6.40. The lowest BCUT2D eigenvalue weighted by molar-refractivity contribution is 0.793. The number of aromatic nitrogens is 1. The monoisotopic (exact) mass is 277 g/mol. The van der Waals surface area contributed by atoms with Gasteiger partial charge in [0.05, 0.1) is 5.52 Å². The van der Waals surface area contributed by atoms with Gasteiger partial charge in [0.25, 0.3) is 0 Å². The van der Waals surface area contributed by atoms with Gasteiger partial charge in [-0.2, -0.15) is 0 Å². The Balaban J connectivity index is 0.00000133. The number of hydrogen-bond acceptors (Lipinski definition) is 3. The molecule has 0 spiro atoms. The minimum Gasteiger partial charge on any atom is -0.380 e. The van der Waals surface area contributed by atoms with Crippen LogP contribution in [0.4, 0.5) is 5.69 Å². The van der Waals surface area contributed by atoms with Crippen LogP contribution in [0.5, 0.6) is 0 Å². The zero-order valence-electron chi connectivity index (χ0n) is 11.4. The Labute approximate surface area is 120 Å². The van der Waals surface area contributed by atoms with Crippen LogP contribution in [0, 0.1) is 13.8 Å². The van der Waals surface area contributed by atoms with E-state index in [1.807, 2.05) is 6.07 Å². The predicted octanol–water partition coefficient (Wildman–Crippen LogP) is 3.05. The van der Waals surface area contributed by atoms with Crippen LogP contribution in [-0.2, 0) is 0 Å². The minimum atomic E-state index is 0. The molecule has 1 fully saturated rings. The summed E-state index contributed by atoms with van der Waals surface area (Å²) in [6.07, 6.45) is 1.19. The number of hydrogen-bond donors (Lipinski definition) is 2. The third-order valence-corrected chi connectivity index (χ3v) is 3.79. The molecule has 1 saturated heterocycles. The van der Waals surface area contributed by atoms with Gasteiger partial charge in [-0.25, -0.2) is 0 Å². The van der Waals surface area contributed by atoms with Gasteiger partial charge in [0, 0.05) is 29.4 Å². The lowest BCUT2D eigenvalue weighted by atomic mass is 10.1.